The molecule has 23 heavy (non-hydrogen) atoms. The minimum Gasteiger partial charge on any atom is -0.433 e. The van der Waals surface area contributed by atoms with E-state index in [-0.39, 0.29) is 22.6 Å². The molecule has 0 aliphatic carbocycles. The van der Waals surface area contributed by atoms with Gasteiger partial charge in [0.25, 0.3) is 5.91 Å². The van der Waals surface area contributed by atoms with E-state index in [1.54, 1.807) is 14.0 Å². The van der Waals surface area contributed by atoms with E-state index in [0.717, 1.165) is 42.1 Å². The average molecular weight is 348 g/mol. The maximum Gasteiger partial charge on any atom is 0.387 e. The summed E-state index contributed by atoms with van der Waals surface area (Å²) in [6.45, 7) is 1.78. The molecule has 2 rings (SSSR count). The molecule has 5 nitrogen and oxygen atoms in total. The second-order valence-electron chi connectivity index (χ2n) is 5.46. The van der Waals surface area contributed by atoms with Crippen molar-refractivity contribution < 1.29 is 23.0 Å². The number of aryl methyl sites for hydroxylation is 1. The molecule has 1 saturated heterocycles. The van der Waals surface area contributed by atoms with E-state index in [0.29, 0.717) is 13.2 Å². The van der Waals surface area contributed by atoms with E-state index < -0.39 is 6.61 Å². The lowest BCUT2D eigenvalue weighted by molar-refractivity contribution is -0.0498. The standard InChI is InChI=1S/C15H22F2N2O3S/c1-10-8-12(22-15(16)17)13(23-10)14(20)18-9-11-4-3-5-19(11)6-7-21-2/h8,11,15H,3-7,9H2,1-2H3,(H,18,20). The first kappa shape index (κ1) is 18.1. The van der Waals surface area contributed by atoms with Gasteiger partial charge in [0, 0.05) is 31.1 Å². The number of thiophene rings is 1. The third kappa shape index (κ3) is 5.12. The van der Waals surface area contributed by atoms with Crippen LogP contribution in [0.2, 0.25) is 0 Å². The highest BCUT2D eigenvalue weighted by Crippen LogP contribution is 2.30. The van der Waals surface area contributed by atoms with Crippen LogP contribution in [0.5, 0.6) is 5.75 Å². The number of hydrogen-bond acceptors (Lipinski definition) is 5. The summed E-state index contributed by atoms with van der Waals surface area (Å²) in [7, 11) is 1.66. The minimum atomic E-state index is -2.94. The molecule has 1 aliphatic rings. The Kier molecular flexibility index (Phi) is 6.73. The molecule has 0 aromatic carbocycles. The number of carbonyl (C=O) groups is 1. The van der Waals surface area contributed by atoms with Crippen LogP contribution < -0.4 is 10.1 Å². The molecule has 0 saturated carbocycles. The third-order valence-corrected chi connectivity index (χ3v) is 4.85. The van der Waals surface area contributed by atoms with Crippen LogP contribution in [0.1, 0.15) is 27.4 Å². The van der Waals surface area contributed by atoms with Gasteiger partial charge in [0.1, 0.15) is 10.6 Å². The van der Waals surface area contributed by atoms with Crippen molar-refractivity contribution in [1.82, 2.24) is 10.2 Å². The first-order valence-electron chi connectivity index (χ1n) is 7.57. The largest absolute Gasteiger partial charge is 0.433 e. The normalized spacial score (nSPS) is 18.6. The zero-order valence-corrected chi connectivity index (χ0v) is 14.1. The van der Waals surface area contributed by atoms with Gasteiger partial charge in [-0.25, -0.2) is 0 Å². The van der Waals surface area contributed by atoms with Crippen LogP contribution in [0.3, 0.4) is 0 Å². The number of nitrogens with one attached hydrogen (secondary N) is 1. The third-order valence-electron chi connectivity index (χ3n) is 3.82. The number of ether oxygens (including phenoxy) is 2. The number of methoxy groups -OCH3 is 1. The van der Waals surface area contributed by atoms with Gasteiger partial charge >= 0.3 is 6.61 Å². The first-order chi connectivity index (χ1) is 11.0. The van der Waals surface area contributed by atoms with E-state index in [1.807, 2.05) is 0 Å². The van der Waals surface area contributed by atoms with Crippen molar-refractivity contribution in [3.8, 4) is 5.75 Å². The zero-order valence-electron chi connectivity index (χ0n) is 13.3. The highest BCUT2D eigenvalue weighted by atomic mass is 32.1. The molecule has 1 amide bonds. The molecule has 1 fully saturated rings. The van der Waals surface area contributed by atoms with Crippen molar-refractivity contribution in [3.63, 3.8) is 0 Å². The Labute approximate surface area is 138 Å². The summed E-state index contributed by atoms with van der Waals surface area (Å²) in [6, 6.07) is 1.72. The van der Waals surface area contributed by atoms with Crippen LogP contribution in [-0.4, -0.2) is 56.8 Å². The number of rotatable bonds is 8. The number of hydrogen-bond donors (Lipinski definition) is 1. The number of likely N-dealkylation sites (tertiary alicyclic amines) is 1. The van der Waals surface area contributed by atoms with Crippen molar-refractivity contribution in [2.75, 3.05) is 33.4 Å². The molecule has 130 valence electrons. The highest BCUT2D eigenvalue weighted by Gasteiger charge is 2.26. The maximum atomic E-state index is 12.4. The zero-order chi connectivity index (χ0) is 16.8. The Morgan fingerprint density at radius 1 is 1.57 bits per heavy atom. The molecule has 0 radical (unpaired) electrons. The van der Waals surface area contributed by atoms with E-state index in [9.17, 15) is 13.6 Å². The summed E-state index contributed by atoms with van der Waals surface area (Å²) in [6.07, 6.45) is 2.09. The van der Waals surface area contributed by atoms with Crippen LogP contribution in [0, 0.1) is 6.92 Å². The van der Waals surface area contributed by atoms with Crippen molar-refractivity contribution in [3.05, 3.63) is 15.8 Å². The molecule has 1 unspecified atom stereocenters. The van der Waals surface area contributed by atoms with Gasteiger partial charge in [-0.3, -0.25) is 9.69 Å². The van der Waals surface area contributed by atoms with Crippen molar-refractivity contribution in [1.29, 1.82) is 0 Å². The lowest BCUT2D eigenvalue weighted by Gasteiger charge is -2.24. The maximum absolute atomic E-state index is 12.4. The fourth-order valence-corrected chi connectivity index (χ4v) is 3.61. The molecule has 1 atom stereocenters. The van der Waals surface area contributed by atoms with E-state index in [1.165, 1.54) is 6.07 Å². The molecule has 1 N–H and O–H groups in total. The molecule has 1 aromatic rings. The molecule has 1 aliphatic heterocycles. The number of halogens is 2. The van der Waals surface area contributed by atoms with Gasteiger partial charge in [-0.05, 0) is 32.4 Å². The lowest BCUT2D eigenvalue weighted by Crippen LogP contribution is -2.41. The smallest absolute Gasteiger partial charge is 0.387 e. The molecule has 0 spiro atoms. The number of alkyl halides is 2. The molecular weight excluding hydrogens is 326 g/mol. The summed E-state index contributed by atoms with van der Waals surface area (Å²) in [5.41, 5.74) is 0. The van der Waals surface area contributed by atoms with E-state index in [2.05, 4.69) is 15.0 Å². The quantitative estimate of drug-likeness (QED) is 0.784. The monoisotopic (exact) mass is 348 g/mol. The lowest BCUT2D eigenvalue weighted by atomic mass is 10.2. The SMILES string of the molecule is COCCN1CCCC1CNC(=O)c1sc(C)cc1OC(F)F. The van der Waals surface area contributed by atoms with Gasteiger partial charge in [0.2, 0.25) is 0 Å². The molecule has 0 bridgehead atoms. The molecular formula is C15H22F2N2O3S. The van der Waals surface area contributed by atoms with Crippen molar-refractivity contribution in [2.45, 2.75) is 32.4 Å². The van der Waals surface area contributed by atoms with Crippen molar-refractivity contribution in [2.24, 2.45) is 0 Å². The van der Waals surface area contributed by atoms with Crippen LogP contribution in [0.15, 0.2) is 6.07 Å². The Morgan fingerprint density at radius 2 is 2.35 bits per heavy atom. The molecule has 1 aromatic heterocycles. The summed E-state index contributed by atoms with van der Waals surface area (Å²) in [5.74, 6) is -0.417. The highest BCUT2D eigenvalue weighted by molar-refractivity contribution is 7.14. The first-order valence-corrected chi connectivity index (χ1v) is 8.39. The summed E-state index contributed by atoms with van der Waals surface area (Å²) in [4.78, 5) is 15.5. The van der Waals surface area contributed by atoms with Gasteiger partial charge < -0.3 is 14.8 Å². The predicted octanol–water partition coefficient (Wildman–Crippen LogP) is 2.50. The minimum absolute atomic E-state index is 0.0531. The van der Waals surface area contributed by atoms with Gasteiger partial charge in [0.05, 0.1) is 6.61 Å². The number of nitrogens with zero attached hydrogens (tertiary/aromatic N) is 1. The van der Waals surface area contributed by atoms with E-state index in [4.69, 9.17) is 4.74 Å². The summed E-state index contributed by atoms with van der Waals surface area (Å²) < 4.78 is 34.3. The van der Waals surface area contributed by atoms with Gasteiger partial charge in [-0.2, -0.15) is 8.78 Å². The Balaban J connectivity index is 1.92. The second-order valence-corrected chi connectivity index (χ2v) is 6.72. The van der Waals surface area contributed by atoms with Crippen molar-refractivity contribution >= 4 is 17.2 Å². The van der Waals surface area contributed by atoms with Gasteiger partial charge in [0.15, 0.2) is 0 Å². The topological polar surface area (TPSA) is 50.8 Å². The molecule has 2 heterocycles. The fraction of sp³-hybridized carbons (Fsp3) is 0.667. The van der Waals surface area contributed by atoms with E-state index >= 15 is 0 Å². The summed E-state index contributed by atoms with van der Waals surface area (Å²) >= 11 is 1.16. The van der Waals surface area contributed by atoms with Gasteiger partial charge in [-0.15, -0.1) is 11.3 Å². The number of amides is 1. The Morgan fingerprint density at radius 3 is 3.04 bits per heavy atom. The van der Waals surface area contributed by atoms with Crippen LogP contribution in [0.4, 0.5) is 8.78 Å². The average Bonchev–Trinajstić information content (AvgIpc) is 3.08. The van der Waals surface area contributed by atoms with Gasteiger partial charge in [-0.1, -0.05) is 0 Å². The van der Waals surface area contributed by atoms with Crippen LogP contribution >= 0.6 is 11.3 Å². The van der Waals surface area contributed by atoms with Crippen LogP contribution in [-0.2, 0) is 4.74 Å². The second kappa shape index (κ2) is 8.56. The fourth-order valence-electron chi connectivity index (χ4n) is 2.75. The predicted molar refractivity (Wildman–Crippen MR) is 84.5 cm³/mol. The Bertz CT molecular complexity index is 525. The summed E-state index contributed by atoms with van der Waals surface area (Å²) in [5, 5.41) is 2.84. The van der Waals surface area contributed by atoms with Crippen LogP contribution in [0.25, 0.3) is 0 Å². The molecule has 8 heteroatoms. The number of carbonyl (C=O) groups excluding carboxylic acids is 1. The Hall–Kier alpha value is -1.25.